The van der Waals surface area contributed by atoms with Crippen LogP contribution in [0.25, 0.3) is 0 Å². The standard InChI is InChI=1S/C19H20FNO4/c1-24-17-8-5-13(9-18(17)25-2)19(23)21-11-15(22)10-16(21)12-3-6-14(20)7-4-12/h3-9,15-16,22H,10-11H2,1-2H3/t15-,16+/m1/s1. The van der Waals surface area contributed by atoms with Crippen molar-refractivity contribution >= 4 is 5.91 Å². The lowest BCUT2D eigenvalue weighted by Crippen LogP contribution is -2.31. The Morgan fingerprint density at radius 2 is 1.80 bits per heavy atom. The number of carbonyl (C=O) groups is 1. The largest absolute Gasteiger partial charge is 0.493 e. The summed E-state index contributed by atoms with van der Waals surface area (Å²) in [5, 5.41) is 10.1. The van der Waals surface area contributed by atoms with Crippen molar-refractivity contribution in [3.8, 4) is 11.5 Å². The number of carbonyl (C=O) groups excluding carboxylic acids is 1. The molecule has 1 aliphatic heterocycles. The van der Waals surface area contributed by atoms with Crippen LogP contribution in [0.1, 0.15) is 28.4 Å². The Balaban J connectivity index is 1.90. The van der Waals surface area contributed by atoms with Crippen molar-refractivity contribution in [3.63, 3.8) is 0 Å². The topological polar surface area (TPSA) is 59.0 Å². The Morgan fingerprint density at radius 1 is 1.12 bits per heavy atom. The van der Waals surface area contributed by atoms with E-state index < -0.39 is 6.10 Å². The lowest BCUT2D eigenvalue weighted by atomic mass is 10.0. The van der Waals surface area contributed by atoms with Crippen LogP contribution in [-0.4, -0.2) is 42.8 Å². The van der Waals surface area contributed by atoms with Crippen molar-refractivity contribution in [2.75, 3.05) is 20.8 Å². The fourth-order valence-corrected chi connectivity index (χ4v) is 3.17. The van der Waals surface area contributed by atoms with E-state index in [9.17, 15) is 14.3 Å². The Kier molecular flexibility index (Phi) is 4.90. The molecule has 1 fully saturated rings. The molecule has 0 unspecified atom stereocenters. The van der Waals surface area contributed by atoms with E-state index in [1.807, 2.05) is 0 Å². The van der Waals surface area contributed by atoms with Crippen molar-refractivity contribution < 1.29 is 23.8 Å². The molecule has 1 aliphatic rings. The molecule has 0 saturated carbocycles. The maximum atomic E-state index is 13.2. The molecule has 2 aromatic carbocycles. The average Bonchev–Trinajstić information content (AvgIpc) is 3.02. The fourth-order valence-electron chi connectivity index (χ4n) is 3.17. The van der Waals surface area contributed by atoms with Crippen LogP contribution in [0.3, 0.4) is 0 Å². The molecule has 0 aliphatic carbocycles. The Hall–Kier alpha value is -2.60. The van der Waals surface area contributed by atoms with Gasteiger partial charge in [-0.15, -0.1) is 0 Å². The molecule has 25 heavy (non-hydrogen) atoms. The second-order valence-electron chi connectivity index (χ2n) is 5.98. The minimum absolute atomic E-state index is 0.216. The highest BCUT2D eigenvalue weighted by Gasteiger charge is 2.36. The maximum Gasteiger partial charge on any atom is 0.254 e. The Bertz CT molecular complexity index is 763. The van der Waals surface area contributed by atoms with Gasteiger partial charge in [-0.2, -0.15) is 0 Å². The summed E-state index contributed by atoms with van der Waals surface area (Å²) in [6.45, 7) is 0.231. The summed E-state index contributed by atoms with van der Waals surface area (Å²) in [4.78, 5) is 14.6. The van der Waals surface area contributed by atoms with Crippen LogP contribution >= 0.6 is 0 Å². The highest BCUT2D eigenvalue weighted by Crippen LogP contribution is 2.35. The second kappa shape index (κ2) is 7.11. The van der Waals surface area contributed by atoms with E-state index in [0.717, 1.165) is 5.56 Å². The molecular weight excluding hydrogens is 325 g/mol. The van der Waals surface area contributed by atoms with E-state index in [-0.39, 0.29) is 24.3 Å². The minimum atomic E-state index is -0.612. The number of likely N-dealkylation sites (tertiary alicyclic amines) is 1. The van der Waals surface area contributed by atoms with E-state index in [1.165, 1.54) is 26.4 Å². The van der Waals surface area contributed by atoms with Gasteiger partial charge in [0.05, 0.1) is 26.4 Å². The lowest BCUT2D eigenvalue weighted by Gasteiger charge is -2.25. The molecule has 5 nitrogen and oxygen atoms in total. The van der Waals surface area contributed by atoms with Crippen LogP contribution in [0.4, 0.5) is 4.39 Å². The highest BCUT2D eigenvalue weighted by atomic mass is 19.1. The number of hydrogen-bond donors (Lipinski definition) is 1. The number of hydrogen-bond acceptors (Lipinski definition) is 4. The molecule has 3 rings (SSSR count). The summed E-state index contributed by atoms with van der Waals surface area (Å²) in [6, 6.07) is 10.7. The Morgan fingerprint density at radius 3 is 2.44 bits per heavy atom. The number of aliphatic hydroxyl groups excluding tert-OH is 1. The van der Waals surface area contributed by atoms with Gasteiger partial charge in [-0.1, -0.05) is 12.1 Å². The summed E-state index contributed by atoms with van der Waals surface area (Å²) < 4.78 is 23.6. The second-order valence-corrected chi connectivity index (χ2v) is 5.98. The quantitative estimate of drug-likeness (QED) is 0.926. The number of ether oxygens (including phenoxy) is 2. The van der Waals surface area contributed by atoms with Crippen molar-refractivity contribution in [3.05, 3.63) is 59.4 Å². The van der Waals surface area contributed by atoms with Crippen molar-refractivity contribution in [1.82, 2.24) is 4.90 Å². The fraction of sp³-hybridized carbons (Fsp3) is 0.316. The molecule has 0 aromatic heterocycles. The number of benzene rings is 2. The van der Waals surface area contributed by atoms with Gasteiger partial charge in [0, 0.05) is 12.1 Å². The van der Waals surface area contributed by atoms with E-state index >= 15 is 0 Å². The lowest BCUT2D eigenvalue weighted by molar-refractivity contribution is 0.0715. The molecule has 1 saturated heterocycles. The van der Waals surface area contributed by atoms with Crippen LogP contribution in [-0.2, 0) is 0 Å². The number of halogens is 1. The SMILES string of the molecule is COc1ccc(C(=O)N2C[C@H](O)C[C@H]2c2ccc(F)cc2)cc1OC. The van der Waals surface area contributed by atoms with E-state index in [2.05, 4.69) is 0 Å². The molecule has 0 radical (unpaired) electrons. The maximum absolute atomic E-state index is 13.2. The number of amides is 1. The van der Waals surface area contributed by atoms with Gasteiger partial charge < -0.3 is 19.5 Å². The van der Waals surface area contributed by atoms with Crippen molar-refractivity contribution in [2.45, 2.75) is 18.6 Å². The minimum Gasteiger partial charge on any atom is -0.493 e. The number of aliphatic hydroxyl groups is 1. The molecule has 0 spiro atoms. The summed E-state index contributed by atoms with van der Waals surface area (Å²) >= 11 is 0. The summed E-state index contributed by atoms with van der Waals surface area (Å²) in [7, 11) is 3.04. The number of methoxy groups -OCH3 is 2. The molecule has 132 valence electrons. The first-order valence-corrected chi connectivity index (χ1v) is 8.00. The van der Waals surface area contributed by atoms with E-state index in [1.54, 1.807) is 35.2 Å². The van der Waals surface area contributed by atoms with Crippen LogP contribution in [0, 0.1) is 5.82 Å². The van der Waals surface area contributed by atoms with Gasteiger partial charge in [-0.05, 0) is 42.3 Å². The Labute approximate surface area is 145 Å². The normalized spacial score (nSPS) is 19.8. The molecule has 6 heteroatoms. The monoisotopic (exact) mass is 345 g/mol. The van der Waals surface area contributed by atoms with Gasteiger partial charge in [-0.3, -0.25) is 4.79 Å². The first kappa shape index (κ1) is 17.2. The van der Waals surface area contributed by atoms with Gasteiger partial charge in [0.1, 0.15) is 5.82 Å². The smallest absolute Gasteiger partial charge is 0.254 e. The van der Waals surface area contributed by atoms with Crippen LogP contribution < -0.4 is 9.47 Å². The summed E-state index contributed by atoms with van der Waals surface area (Å²) in [5.41, 5.74) is 1.24. The van der Waals surface area contributed by atoms with Gasteiger partial charge >= 0.3 is 0 Å². The first-order chi connectivity index (χ1) is 12.0. The summed E-state index contributed by atoms with van der Waals surface area (Å²) in [6.07, 6.45) is -0.191. The van der Waals surface area contributed by atoms with Crippen LogP contribution in [0.2, 0.25) is 0 Å². The predicted octanol–water partition coefficient (Wildman–Crippen LogP) is 2.79. The average molecular weight is 345 g/mol. The van der Waals surface area contributed by atoms with Gasteiger partial charge in [0.2, 0.25) is 0 Å². The third-order valence-electron chi connectivity index (χ3n) is 4.43. The molecule has 0 bridgehead atoms. The molecule has 1 amide bonds. The predicted molar refractivity (Wildman–Crippen MR) is 90.3 cm³/mol. The number of β-amino-alcohol motifs (C(OH)–C–C–N with tert-alkyl or cyclic N) is 1. The van der Waals surface area contributed by atoms with Gasteiger partial charge in [-0.25, -0.2) is 4.39 Å². The van der Waals surface area contributed by atoms with E-state index in [0.29, 0.717) is 23.5 Å². The zero-order chi connectivity index (χ0) is 18.0. The van der Waals surface area contributed by atoms with Crippen LogP contribution in [0.15, 0.2) is 42.5 Å². The van der Waals surface area contributed by atoms with Crippen molar-refractivity contribution in [2.24, 2.45) is 0 Å². The van der Waals surface area contributed by atoms with E-state index in [4.69, 9.17) is 9.47 Å². The molecule has 1 heterocycles. The molecular formula is C19H20FNO4. The van der Waals surface area contributed by atoms with Crippen LogP contribution in [0.5, 0.6) is 11.5 Å². The summed E-state index contributed by atoms with van der Waals surface area (Å²) in [5.74, 6) is 0.453. The van der Waals surface area contributed by atoms with Gasteiger partial charge in [0.15, 0.2) is 11.5 Å². The zero-order valence-corrected chi connectivity index (χ0v) is 14.1. The number of nitrogens with zero attached hydrogens (tertiary/aromatic N) is 1. The zero-order valence-electron chi connectivity index (χ0n) is 14.1. The molecule has 2 atom stereocenters. The molecule has 2 aromatic rings. The molecule has 1 N–H and O–H groups in total. The van der Waals surface area contributed by atoms with Gasteiger partial charge in [0.25, 0.3) is 5.91 Å². The third kappa shape index (κ3) is 3.44. The first-order valence-electron chi connectivity index (χ1n) is 8.00. The number of rotatable bonds is 4. The third-order valence-corrected chi connectivity index (χ3v) is 4.43. The highest BCUT2D eigenvalue weighted by molar-refractivity contribution is 5.95. The van der Waals surface area contributed by atoms with Crippen molar-refractivity contribution in [1.29, 1.82) is 0 Å².